The van der Waals surface area contributed by atoms with E-state index in [-0.39, 0.29) is 5.91 Å². The molecule has 1 aromatic carbocycles. The van der Waals surface area contributed by atoms with Gasteiger partial charge in [0.15, 0.2) is 0 Å². The zero-order valence-corrected chi connectivity index (χ0v) is 18.4. The molecule has 22 heavy (non-hydrogen) atoms. The minimum absolute atomic E-state index is 0.0186. The van der Waals surface area contributed by atoms with E-state index < -0.39 is 0 Å². The number of carbonyl (C=O) groups excluding carboxylic acids is 1. The summed E-state index contributed by atoms with van der Waals surface area (Å²) in [5.74, 6) is 0.572. The summed E-state index contributed by atoms with van der Waals surface area (Å²) >= 11 is 8.09. The summed E-state index contributed by atoms with van der Waals surface area (Å²) in [5.41, 5.74) is 4.37. The van der Waals surface area contributed by atoms with Gasteiger partial charge < -0.3 is 5.32 Å². The first kappa shape index (κ1) is 17.0. The molecule has 2 aromatic rings. The van der Waals surface area contributed by atoms with E-state index in [4.69, 9.17) is 0 Å². The van der Waals surface area contributed by atoms with Crippen LogP contribution in [0.25, 0.3) is 0 Å². The van der Waals surface area contributed by atoms with Crippen molar-refractivity contribution >= 4 is 79.9 Å². The largest absolute Gasteiger partial charge is 0.321 e. The lowest BCUT2D eigenvalue weighted by Crippen LogP contribution is -2.14. The van der Waals surface area contributed by atoms with Gasteiger partial charge in [-0.05, 0) is 81.6 Å². The average Bonchev–Trinajstić information content (AvgIpc) is 2.73. The van der Waals surface area contributed by atoms with Gasteiger partial charge in [0.25, 0.3) is 5.91 Å². The third kappa shape index (κ3) is 3.08. The van der Waals surface area contributed by atoms with Crippen molar-refractivity contribution in [3.8, 4) is 0 Å². The molecular weight excluding hydrogens is 540 g/mol. The predicted molar refractivity (Wildman–Crippen MR) is 112 cm³/mol. The van der Waals surface area contributed by atoms with Crippen LogP contribution in [-0.2, 0) is 6.42 Å². The maximum Gasteiger partial charge on any atom is 0.257 e. The van der Waals surface area contributed by atoms with Gasteiger partial charge in [0, 0.05) is 18.7 Å². The number of benzene rings is 1. The van der Waals surface area contributed by atoms with E-state index in [1.165, 1.54) is 17.6 Å². The zero-order chi connectivity index (χ0) is 16.0. The summed E-state index contributed by atoms with van der Waals surface area (Å²) in [5, 5.41) is 5.14. The Hall–Kier alpha value is 0.200. The molecule has 1 aliphatic heterocycles. The third-order valence-corrected chi connectivity index (χ3v) is 8.75. The van der Waals surface area contributed by atoms with Crippen molar-refractivity contribution in [2.24, 2.45) is 5.92 Å². The number of hydrogen-bond acceptors (Lipinski definition) is 3. The molecule has 3 rings (SSSR count). The van der Waals surface area contributed by atoms with Crippen molar-refractivity contribution < 1.29 is 4.79 Å². The Morgan fingerprint density at radius 1 is 1.32 bits per heavy atom. The maximum absolute atomic E-state index is 12.6. The van der Waals surface area contributed by atoms with Crippen LogP contribution >= 0.6 is 68.3 Å². The number of amides is 1. The standard InChI is InChI=1S/C16H15I2NOS2/c1-7(2)4-9-12(17)8(3)5-11-13(9)19-16(20)10-6-21-15(18)14(10)22-11/h5-7H,4H2,1-3H3,(H,19,20). The van der Waals surface area contributed by atoms with Crippen LogP contribution in [0.5, 0.6) is 0 Å². The molecule has 0 atom stereocenters. The van der Waals surface area contributed by atoms with Crippen molar-refractivity contribution in [1.82, 2.24) is 0 Å². The Labute approximate surface area is 166 Å². The van der Waals surface area contributed by atoms with E-state index in [2.05, 4.69) is 77.3 Å². The summed E-state index contributed by atoms with van der Waals surface area (Å²) in [6.45, 7) is 6.59. The number of halogens is 2. The number of nitrogens with one attached hydrogen (secondary N) is 1. The highest BCUT2D eigenvalue weighted by molar-refractivity contribution is 14.1. The van der Waals surface area contributed by atoms with E-state index in [0.29, 0.717) is 5.92 Å². The fourth-order valence-corrected chi connectivity index (χ4v) is 6.24. The predicted octanol–water partition coefficient (Wildman–Crippen LogP) is 6.18. The normalized spacial score (nSPS) is 13.6. The van der Waals surface area contributed by atoms with Gasteiger partial charge in [-0.3, -0.25) is 4.79 Å². The molecule has 0 fully saturated rings. The molecule has 116 valence electrons. The van der Waals surface area contributed by atoms with Crippen LogP contribution in [0, 0.1) is 19.3 Å². The molecule has 0 bridgehead atoms. The molecule has 1 amide bonds. The van der Waals surface area contributed by atoms with Crippen LogP contribution in [0.4, 0.5) is 5.69 Å². The summed E-state index contributed by atoms with van der Waals surface area (Å²) in [4.78, 5) is 14.9. The number of rotatable bonds is 2. The molecule has 0 saturated heterocycles. The van der Waals surface area contributed by atoms with Gasteiger partial charge in [0.2, 0.25) is 0 Å². The fourth-order valence-electron chi connectivity index (χ4n) is 2.51. The molecule has 0 radical (unpaired) electrons. The topological polar surface area (TPSA) is 29.1 Å². The second kappa shape index (κ2) is 6.60. The molecule has 2 nitrogen and oxygen atoms in total. The molecular formula is C16H15I2NOS2. The Morgan fingerprint density at radius 2 is 2.05 bits per heavy atom. The lowest BCUT2D eigenvalue weighted by atomic mass is 9.99. The van der Waals surface area contributed by atoms with E-state index in [1.54, 1.807) is 23.1 Å². The van der Waals surface area contributed by atoms with Gasteiger partial charge in [-0.2, -0.15) is 0 Å². The smallest absolute Gasteiger partial charge is 0.257 e. The molecule has 2 heterocycles. The van der Waals surface area contributed by atoms with Gasteiger partial charge in [-0.25, -0.2) is 0 Å². The first-order valence-electron chi connectivity index (χ1n) is 6.96. The first-order chi connectivity index (χ1) is 10.4. The molecule has 0 unspecified atom stereocenters. The number of anilines is 1. The highest BCUT2D eigenvalue weighted by Crippen LogP contribution is 2.46. The summed E-state index contributed by atoms with van der Waals surface area (Å²) in [6, 6.07) is 2.20. The average molecular weight is 555 g/mol. The van der Waals surface area contributed by atoms with E-state index >= 15 is 0 Å². The summed E-state index contributed by atoms with van der Waals surface area (Å²) in [6.07, 6.45) is 0.979. The SMILES string of the molecule is Cc1cc2c(c(CC(C)C)c1I)NC(=O)c1csc(I)c1S2. The van der Waals surface area contributed by atoms with Gasteiger partial charge >= 0.3 is 0 Å². The Kier molecular flexibility index (Phi) is 5.11. The maximum atomic E-state index is 12.6. The Morgan fingerprint density at radius 3 is 2.73 bits per heavy atom. The molecule has 0 saturated carbocycles. The number of aryl methyl sites for hydroxylation is 1. The zero-order valence-electron chi connectivity index (χ0n) is 12.4. The minimum Gasteiger partial charge on any atom is -0.321 e. The summed E-state index contributed by atoms with van der Waals surface area (Å²) < 4.78 is 2.45. The third-order valence-electron chi connectivity index (χ3n) is 3.52. The van der Waals surface area contributed by atoms with Crippen LogP contribution in [0.1, 0.15) is 35.3 Å². The van der Waals surface area contributed by atoms with Crippen LogP contribution in [0.15, 0.2) is 21.2 Å². The minimum atomic E-state index is 0.0186. The number of fused-ring (bicyclic) bond motifs is 2. The summed E-state index contributed by atoms with van der Waals surface area (Å²) in [7, 11) is 0. The van der Waals surface area contributed by atoms with Crippen LogP contribution < -0.4 is 5.32 Å². The van der Waals surface area contributed by atoms with E-state index in [0.717, 1.165) is 27.5 Å². The quantitative estimate of drug-likeness (QED) is 0.449. The second-order valence-corrected chi connectivity index (χ2v) is 10.6. The van der Waals surface area contributed by atoms with Gasteiger partial charge in [0.1, 0.15) is 0 Å². The van der Waals surface area contributed by atoms with Gasteiger partial charge in [-0.1, -0.05) is 25.6 Å². The van der Waals surface area contributed by atoms with Gasteiger partial charge in [-0.15, -0.1) is 11.3 Å². The first-order valence-corrected chi connectivity index (χ1v) is 10.8. The van der Waals surface area contributed by atoms with Crippen LogP contribution in [-0.4, -0.2) is 5.91 Å². The molecule has 1 N–H and O–H groups in total. The number of hydrogen-bond donors (Lipinski definition) is 1. The molecule has 1 aromatic heterocycles. The number of thiophene rings is 1. The van der Waals surface area contributed by atoms with E-state index in [9.17, 15) is 4.79 Å². The Bertz CT molecular complexity index is 768. The van der Waals surface area contributed by atoms with Crippen molar-refractivity contribution in [1.29, 1.82) is 0 Å². The highest BCUT2D eigenvalue weighted by atomic mass is 127. The van der Waals surface area contributed by atoms with Crippen molar-refractivity contribution in [3.05, 3.63) is 34.6 Å². The number of carbonyl (C=O) groups is 1. The van der Waals surface area contributed by atoms with Crippen molar-refractivity contribution in [2.45, 2.75) is 37.0 Å². The van der Waals surface area contributed by atoms with Crippen molar-refractivity contribution in [3.63, 3.8) is 0 Å². The second-order valence-electron chi connectivity index (χ2n) is 5.77. The monoisotopic (exact) mass is 555 g/mol. The van der Waals surface area contributed by atoms with Gasteiger partial charge in [0.05, 0.1) is 14.1 Å². The van der Waals surface area contributed by atoms with Crippen LogP contribution in [0.2, 0.25) is 0 Å². The molecule has 1 aliphatic rings. The van der Waals surface area contributed by atoms with E-state index in [1.807, 2.05) is 5.38 Å². The molecule has 0 spiro atoms. The van der Waals surface area contributed by atoms with Crippen LogP contribution in [0.3, 0.4) is 0 Å². The lowest BCUT2D eigenvalue weighted by Gasteiger charge is -2.18. The molecule has 6 heteroatoms. The fraction of sp³-hybridized carbons (Fsp3) is 0.312. The van der Waals surface area contributed by atoms with Crippen molar-refractivity contribution in [2.75, 3.05) is 5.32 Å². The molecule has 0 aliphatic carbocycles. The Balaban J connectivity index is 2.20. The highest BCUT2D eigenvalue weighted by Gasteiger charge is 2.26. The lowest BCUT2D eigenvalue weighted by molar-refractivity contribution is 0.102.